The van der Waals surface area contributed by atoms with Crippen LogP contribution in [-0.4, -0.2) is 22.0 Å². The number of carbonyl (C=O) groups excluding carboxylic acids is 1. The van der Waals surface area contributed by atoms with E-state index in [9.17, 15) is 9.59 Å². The van der Waals surface area contributed by atoms with Gasteiger partial charge in [-0.15, -0.1) is 0 Å². The number of hydrogen-bond donors (Lipinski definition) is 2. The van der Waals surface area contributed by atoms with Gasteiger partial charge in [-0.05, 0) is 40.2 Å². The van der Waals surface area contributed by atoms with Crippen LogP contribution in [0.2, 0.25) is 10.2 Å². The summed E-state index contributed by atoms with van der Waals surface area (Å²) in [5.74, 6) is -1.62. The fourth-order valence-corrected chi connectivity index (χ4v) is 2.32. The van der Waals surface area contributed by atoms with Crippen LogP contribution < -0.4 is 5.32 Å². The van der Waals surface area contributed by atoms with Crippen LogP contribution in [0.4, 0.5) is 5.69 Å². The number of halogens is 3. The molecule has 0 fully saturated rings. The summed E-state index contributed by atoms with van der Waals surface area (Å²) in [5, 5.41) is 11.9. The smallest absolute Gasteiger partial charge is 0.336 e. The second kappa shape index (κ2) is 6.43. The van der Waals surface area contributed by atoms with Gasteiger partial charge in [-0.2, -0.15) is 0 Å². The van der Waals surface area contributed by atoms with Crippen molar-refractivity contribution in [1.29, 1.82) is 0 Å². The van der Waals surface area contributed by atoms with Gasteiger partial charge in [-0.25, -0.2) is 9.78 Å². The maximum atomic E-state index is 12.1. The third-order valence-electron chi connectivity index (χ3n) is 2.52. The summed E-state index contributed by atoms with van der Waals surface area (Å²) < 4.78 is 0.415. The number of nitrogens with one attached hydrogen (secondary N) is 1. The molecule has 108 valence electrons. The Morgan fingerprint density at radius 2 is 1.90 bits per heavy atom. The second-order valence-electron chi connectivity index (χ2n) is 3.94. The lowest BCUT2D eigenvalue weighted by molar-refractivity contribution is 0.0695. The zero-order chi connectivity index (χ0) is 15.6. The van der Waals surface area contributed by atoms with Gasteiger partial charge in [-0.1, -0.05) is 23.2 Å². The summed E-state index contributed by atoms with van der Waals surface area (Å²) in [6.45, 7) is 0. The molecule has 5 nitrogen and oxygen atoms in total. The number of carbonyl (C=O) groups is 2. The molecular formula is C13H7BrCl2N2O3. The van der Waals surface area contributed by atoms with Crippen LogP contribution in [0, 0.1) is 0 Å². The van der Waals surface area contributed by atoms with E-state index in [4.69, 9.17) is 28.3 Å². The molecular weight excluding hydrogens is 383 g/mol. The Labute approximate surface area is 138 Å². The van der Waals surface area contributed by atoms with Crippen molar-refractivity contribution in [2.24, 2.45) is 0 Å². The predicted octanol–water partition coefficient (Wildman–Crippen LogP) is 4.10. The number of amides is 1. The van der Waals surface area contributed by atoms with Crippen LogP contribution in [0.15, 0.2) is 34.9 Å². The standard InChI is InChI=1S/C13H7BrCl2N2O3/c14-9-2-1-6(3-7(9)13(20)21)18-12(19)8-4-11(16)17-5-10(8)15/h1-5H,(H,18,19)(H,20,21). The number of benzene rings is 1. The summed E-state index contributed by atoms with van der Waals surface area (Å²) in [6, 6.07) is 5.75. The Morgan fingerprint density at radius 3 is 2.57 bits per heavy atom. The molecule has 1 amide bonds. The highest BCUT2D eigenvalue weighted by Gasteiger charge is 2.14. The molecule has 2 rings (SSSR count). The van der Waals surface area contributed by atoms with Gasteiger partial charge in [0.15, 0.2) is 0 Å². The molecule has 0 bridgehead atoms. The Balaban J connectivity index is 2.29. The Kier molecular flexibility index (Phi) is 4.82. The van der Waals surface area contributed by atoms with Crippen molar-refractivity contribution in [1.82, 2.24) is 4.98 Å². The van der Waals surface area contributed by atoms with Crippen molar-refractivity contribution in [2.75, 3.05) is 5.32 Å². The van der Waals surface area contributed by atoms with Crippen molar-refractivity contribution in [2.45, 2.75) is 0 Å². The molecule has 0 saturated heterocycles. The number of aromatic carboxylic acids is 1. The molecule has 0 atom stereocenters. The molecule has 0 spiro atoms. The van der Waals surface area contributed by atoms with Gasteiger partial charge in [0.1, 0.15) is 5.15 Å². The van der Waals surface area contributed by atoms with Gasteiger partial charge < -0.3 is 10.4 Å². The maximum absolute atomic E-state index is 12.1. The highest BCUT2D eigenvalue weighted by atomic mass is 79.9. The topological polar surface area (TPSA) is 79.3 Å². The molecule has 0 saturated carbocycles. The van der Waals surface area contributed by atoms with Crippen LogP contribution in [0.3, 0.4) is 0 Å². The lowest BCUT2D eigenvalue weighted by Gasteiger charge is -2.08. The van der Waals surface area contributed by atoms with Gasteiger partial charge in [-0.3, -0.25) is 4.79 Å². The normalized spacial score (nSPS) is 10.2. The minimum absolute atomic E-state index is 0.0339. The number of nitrogens with zero attached hydrogens (tertiary/aromatic N) is 1. The van der Waals surface area contributed by atoms with E-state index < -0.39 is 11.9 Å². The number of aromatic nitrogens is 1. The first-order chi connectivity index (χ1) is 9.88. The minimum Gasteiger partial charge on any atom is -0.478 e. The van der Waals surface area contributed by atoms with E-state index in [2.05, 4.69) is 26.2 Å². The summed E-state index contributed by atoms with van der Waals surface area (Å²) in [7, 11) is 0. The second-order valence-corrected chi connectivity index (χ2v) is 5.59. The first-order valence-corrected chi connectivity index (χ1v) is 7.08. The Bertz CT molecular complexity index is 737. The molecule has 1 heterocycles. The van der Waals surface area contributed by atoms with E-state index in [0.717, 1.165) is 0 Å². The highest BCUT2D eigenvalue weighted by Crippen LogP contribution is 2.23. The van der Waals surface area contributed by atoms with E-state index in [0.29, 0.717) is 10.2 Å². The van der Waals surface area contributed by atoms with Crippen molar-refractivity contribution in [3.8, 4) is 0 Å². The zero-order valence-corrected chi connectivity index (χ0v) is 13.3. The first-order valence-electron chi connectivity index (χ1n) is 5.53. The lowest BCUT2D eigenvalue weighted by Crippen LogP contribution is -2.13. The molecule has 8 heteroatoms. The number of pyridine rings is 1. The predicted molar refractivity (Wildman–Crippen MR) is 83.3 cm³/mol. The van der Waals surface area contributed by atoms with Crippen LogP contribution >= 0.6 is 39.1 Å². The zero-order valence-electron chi connectivity index (χ0n) is 10.2. The van der Waals surface area contributed by atoms with Gasteiger partial charge in [0, 0.05) is 16.4 Å². The molecule has 0 aliphatic rings. The third-order valence-corrected chi connectivity index (χ3v) is 3.72. The molecule has 0 radical (unpaired) electrons. The lowest BCUT2D eigenvalue weighted by atomic mass is 10.2. The highest BCUT2D eigenvalue weighted by molar-refractivity contribution is 9.10. The Hall–Kier alpha value is -1.63. The van der Waals surface area contributed by atoms with Crippen LogP contribution in [0.1, 0.15) is 20.7 Å². The molecule has 2 N–H and O–H groups in total. The fraction of sp³-hybridized carbons (Fsp3) is 0. The first kappa shape index (κ1) is 15.8. The van der Waals surface area contributed by atoms with E-state index in [1.165, 1.54) is 24.4 Å². The van der Waals surface area contributed by atoms with Crippen LogP contribution in [0.25, 0.3) is 0 Å². The summed E-state index contributed by atoms with van der Waals surface area (Å²) in [5.41, 5.74) is 0.507. The van der Waals surface area contributed by atoms with Crippen molar-refractivity contribution in [3.05, 3.63) is 56.2 Å². The van der Waals surface area contributed by atoms with Gasteiger partial charge in [0.05, 0.1) is 16.1 Å². The van der Waals surface area contributed by atoms with Gasteiger partial charge in [0.2, 0.25) is 0 Å². The average molecular weight is 390 g/mol. The fourth-order valence-electron chi connectivity index (χ4n) is 1.55. The quantitative estimate of drug-likeness (QED) is 0.774. The molecule has 1 aromatic heterocycles. The van der Waals surface area contributed by atoms with E-state index in [1.54, 1.807) is 6.07 Å². The van der Waals surface area contributed by atoms with Crippen molar-refractivity contribution in [3.63, 3.8) is 0 Å². The van der Waals surface area contributed by atoms with Gasteiger partial charge in [0.25, 0.3) is 5.91 Å². The molecule has 0 unspecified atom stereocenters. The number of carboxylic acid groups (broad SMARTS) is 1. The average Bonchev–Trinajstić information content (AvgIpc) is 2.43. The molecule has 0 aliphatic carbocycles. The molecule has 21 heavy (non-hydrogen) atoms. The van der Waals surface area contributed by atoms with Crippen molar-refractivity contribution < 1.29 is 14.7 Å². The van der Waals surface area contributed by atoms with E-state index in [-0.39, 0.29) is 21.3 Å². The largest absolute Gasteiger partial charge is 0.478 e. The molecule has 2 aromatic rings. The van der Waals surface area contributed by atoms with Crippen LogP contribution in [0.5, 0.6) is 0 Å². The monoisotopic (exact) mass is 388 g/mol. The molecule has 0 aliphatic heterocycles. The Morgan fingerprint density at radius 1 is 1.19 bits per heavy atom. The van der Waals surface area contributed by atoms with Crippen molar-refractivity contribution >= 4 is 56.7 Å². The minimum atomic E-state index is -1.11. The summed E-state index contributed by atoms with van der Waals surface area (Å²) in [6.07, 6.45) is 1.27. The summed E-state index contributed by atoms with van der Waals surface area (Å²) in [4.78, 5) is 26.9. The van der Waals surface area contributed by atoms with E-state index in [1.807, 2.05) is 0 Å². The third kappa shape index (κ3) is 3.72. The number of rotatable bonds is 3. The van der Waals surface area contributed by atoms with Gasteiger partial charge >= 0.3 is 5.97 Å². The summed E-state index contributed by atoms with van der Waals surface area (Å²) >= 11 is 14.7. The van der Waals surface area contributed by atoms with Crippen LogP contribution in [-0.2, 0) is 0 Å². The maximum Gasteiger partial charge on any atom is 0.336 e. The number of carboxylic acids is 1. The molecule has 1 aromatic carbocycles. The SMILES string of the molecule is O=C(Nc1ccc(Br)c(C(=O)O)c1)c1cc(Cl)ncc1Cl. The number of hydrogen-bond acceptors (Lipinski definition) is 3. The number of anilines is 1. The van der Waals surface area contributed by atoms with E-state index >= 15 is 0 Å².